The Bertz CT molecular complexity index is 1020. The van der Waals surface area contributed by atoms with Gasteiger partial charge in [0.25, 0.3) is 5.91 Å². The molecule has 0 bridgehead atoms. The second kappa shape index (κ2) is 10.8. The number of thioether (sulfide) groups is 1. The van der Waals surface area contributed by atoms with Crippen LogP contribution in [0.4, 0.5) is 15.8 Å². The molecule has 0 aliphatic heterocycles. The number of hydrogen-bond donors (Lipinski definition) is 2. The van der Waals surface area contributed by atoms with E-state index in [-0.39, 0.29) is 29.9 Å². The Balaban J connectivity index is 1.43. The van der Waals surface area contributed by atoms with Crippen LogP contribution in [-0.2, 0) is 9.59 Å². The van der Waals surface area contributed by atoms with Crippen LogP contribution in [0, 0.1) is 5.82 Å². The summed E-state index contributed by atoms with van der Waals surface area (Å²) in [6.07, 6.45) is 0. The lowest BCUT2D eigenvalue weighted by molar-refractivity contribution is -0.118. The van der Waals surface area contributed by atoms with Crippen molar-refractivity contribution >= 4 is 50.9 Å². The van der Waals surface area contributed by atoms with Gasteiger partial charge in [-0.25, -0.2) is 4.39 Å². The van der Waals surface area contributed by atoms with E-state index < -0.39 is 5.82 Å². The number of anilines is 2. The van der Waals surface area contributed by atoms with Crippen LogP contribution in [0.5, 0.6) is 5.75 Å². The predicted molar refractivity (Wildman–Crippen MR) is 120 cm³/mol. The molecule has 5 nitrogen and oxygen atoms in total. The van der Waals surface area contributed by atoms with Crippen LogP contribution >= 0.6 is 27.7 Å². The smallest absolute Gasteiger partial charge is 0.262 e. The number of benzene rings is 3. The molecule has 0 heterocycles. The van der Waals surface area contributed by atoms with Gasteiger partial charge in [-0.1, -0.05) is 34.1 Å². The summed E-state index contributed by atoms with van der Waals surface area (Å²) in [4.78, 5) is 24.9. The molecule has 0 saturated carbocycles. The molecule has 0 atom stereocenters. The van der Waals surface area contributed by atoms with E-state index in [0.29, 0.717) is 15.9 Å². The Morgan fingerprint density at radius 1 is 0.933 bits per heavy atom. The second-order valence-corrected chi connectivity index (χ2v) is 8.10. The Morgan fingerprint density at radius 3 is 2.37 bits per heavy atom. The maximum Gasteiger partial charge on any atom is 0.262 e. The van der Waals surface area contributed by atoms with Crippen LogP contribution < -0.4 is 15.4 Å². The van der Waals surface area contributed by atoms with Crippen LogP contribution in [0.2, 0.25) is 0 Å². The molecule has 0 radical (unpaired) electrons. The fourth-order valence-electron chi connectivity index (χ4n) is 2.42. The highest BCUT2D eigenvalue weighted by Crippen LogP contribution is 2.22. The minimum absolute atomic E-state index is 0.0900. The summed E-state index contributed by atoms with van der Waals surface area (Å²) < 4.78 is 19.8. The highest BCUT2D eigenvalue weighted by atomic mass is 79.9. The van der Waals surface area contributed by atoms with Crippen molar-refractivity contribution in [1.29, 1.82) is 0 Å². The summed E-state index contributed by atoms with van der Waals surface area (Å²) in [6, 6.07) is 20.6. The summed E-state index contributed by atoms with van der Waals surface area (Å²) >= 11 is 4.48. The number of rotatable bonds is 8. The molecule has 2 amide bonds. The number of halogens is 2. The van der Waals surface area contributed by atoms with E-state index in [0.717, 1.165) is 4.90 Å². The van der Waals surface area contributed by atoms with Gasteiger partial charge >= 0.3 is 0 Å². The summed E-state index contributed by atoms with van der Waals surface area (Å²) in [5.41, 5.74) is 0.766. The standard InChI is InChI=1S/C22H18BrFN2O3S/c23-15-6-11-20(19(24)12-15)26-22(28)14-30-18-9-7-16(8-10-18)25-21(27)13-29-17-4-2-1-3-5-17/h1-12H,13-14H2,(H,25,27)(H,26,28). The van der Waals surface area contributed by atoms with Crippen LogP contribution in [-0.4, -0.2) is 24.2 Å². The van der Waals surface area contributed by atoms with Crippen molar-refractivity contribution in [3.63, 3.8) is 0 Å². The van der Waals surface area contributed by atoms with Gasteiger partial charge in [0, 0.05) is 15.1 Å². The van der Waals surface area contributed by atoms with Crippen molar-refractivity contribution in [1.82, 2.24) is 0 Å². The van der Waals surface area contributed by atoms with Crippen molar-refractivity contribution in [2.45, 2.75) is 4.90 Å². The first-order chi connectivity index (χ1) is 14.5. The molecule has 0 unspecified atom stereocenters. The first-order valence-corrected chi connectivity index (χ1v) is 10.7. The van der Waals surface area contributed by atoms with Crippen LogP contribution in [0.3, 0.4) is 0 Å². The number of para-hydroxylation sites is 1. The quantitative estimate of drug-likeness (QED) is 0.420. The molecular formula is C22H18BrFN2O3S. The van der Waals surface area contributed by atoms with E-state index in [1.165, 1.54) is 23.9 Å². The Kier molecular flexibility index (Phi) is 7.87. The lowest BCUT2D eigenvalue weighted by atomic mass is 10.3. The molecule has 3 aromatic rings. The van der Waals surface area contributed by atoms with Crippen molar-refractivity contribution in [2.24, 2.45) is 0 Å². The average Bonchev–Trinajstić information content (AvgIpc) is 2.74. The minimum Gasteiger partial charge on any atom is -0.484 e. The summed E-state index contributed by atoms with van der Waals surface area (Å²) in [5.74, 6) is -0.321. The van der Waals surface area contributed by atoms with E-state index in [9.17, 15) is 14.0 Å². The van der Waals surface area contributed by atoms with Crippen LogP contribution in [0.15, 0.2) is 82.2 Å². The number of amides is 2. The van der Waals surface area contributed by atoms with Crippen molar-refractivity contribution in [2.75, 3.05) is 23.0 Å². The molecule has 154 valence electrons. The van der Waals surface area contributed by atoms with E-state index in [2.05, 4.69) is 26.6 Å². The molecule has 8 heteroatoms. The van der Waals surface area contributed by atoms with Crippen molar-refractivity contribution < 1.29 is 18.7 Å². The number of carbonyl (C=O) groups excluding carboxylic acids is 2. The van der Waals surface area contributed by atoms with Gasteiger partial charge in [0.2, 0.25) is 5.91 Å². The van der Waals surface area contributed by atoms with E-state index >= 15 is 0 Å². The number of nitrogens with one attached hydrogen (secondary N) is 2. The topological polar surface area (TPSA) is 67.4 Å². The zero-order valence-electron chi connectivity index (χ0n) is 15.7. The molecule has 0 saturated heterocycles. The number of ether oxygens (including phenoxy) is 1. The van der Waals surface area contributed by atoms with Gasteiger partial charge in [0.15, 0.2) is 6.61 Å². The number of carbonyl (C=O) groups is 2. The van der Waals surface area contributed by atoms with Gasteiger partial charge in [0.05, 0.1) is 11.4 Å². The fraction of sp³-hybridized carbons (Fsp3) is 0.0909. The summed E-state index contributed by atoms with van der Waals surface area (Å²) in [5, 5.41) is 5.30. The highest BCUT2D eigenvalue weighted by molar-refractivity contribution is 9.10. The van der Waals surface area contributed by atoms with E-state index in [4.69, 9.17) is 4.74 Å². The normalized spacial score (nSPS) is 10.3. The maximum atomic E-state index is 13.8. The zero-order chi connectivity index (χ0) is 21.3. The Hall–Kier alpha value is -2.84. The van der Waals surface area contributed by atoms with Crippen molar-refractivity contribution in [3.8, 4) is 5.75 Å². The van der Waals surface area contributed by atoms with Gasteiger partial charge in [0.1, 0.15) is 11.6 Å². The molecule has 3 rings (SSSR count). The van der Waals surface area contributed by atoms with Gasteiger partial charge in [-0.3, -0.25) is 9.59 Å². The van der Waals surface area contributed by atoms with Gasteiger partial charge in [-0.05, 0) is 54.6 Å². The van der Waals surface area contributed by atoms with Crippen molar-refractivity contribution in [3.05, 3.63) is 83.1 Å². The monoisotopic (exact) mass is 488 g/mol. The third-order valence-electron chi connectivity index (χ3n) is 3.83. The third-order valence-corrected chi connectivity index (χ3v) is 5.33. The molecule has 0 fully saturated rings. The molecular weight excluding hydrogens is 471 g/mol. The van der Waals surface area contributed by atoms with Gasteiger partial charge in [-0.2, -0.15) is 0 Å². The zero-order valence-corrected chi connectivity index (χ0v) is 18.1. The Morgan fingerprint density at radius 2 is 1.67 bits per heavy atom. The lowest BCUT2D eigenvalue weighted by Gasteiger charge is -2.09. The first-order valence-electron chi connectivity index (χ1n) is 8.95. The molecule has 3 aromatic carbocycles. The SMILES string of the molecule is O=C(COc1ccccc1)Nc1ccc(SCC(=O)Nc2ccc(Br)cc2F)cc1. The largest absolute Gasteiger partial charge is 0.484 e. The van der Waals surface area contributed by atoms with Gasteiger partial charge < -0.3 is 15.4 Å². The van der Waals surface area contributed by atoms with E-state index in [1.54, 1.807) is 42.5 Å². The lowest BCUT2D eigenvalue weighted by Crippen LogP contribution is -2.20. The molecule has 0 aliphatic carbocycles. The summed E-state index contributed by atoms with van der Waals surface area (Å²) in [7, 11) is 0. The summed E-state index contributed by atoms with van der Waals surface area (Å²) in [6.45, 7) is -0.0900. The second-order valence-electron chi connectivity index (χ2n) is 6.14. The van der Waals surface area contributed by atoms with Crippen LogP contribution in [0.25, 0.3) is 0 Å². The number of hydrogen-bond acceptors (Lipinski definition) is 4. The molecule has 0 spiro atoms. The highest BCUT2D eigenvalue weighted by Gasteiger charge is 2.09. The van der Waals surface area contributed by atoms with Gasteiger partial charge in [-0.15, -0.1) is 11.8 Å². The Labute approximate surface area is 186 Å². The fourth-order valence-corrected chi connectivity index (χ4v) is 3.45. The van der Waals surface area contributed by atoms with Crippen LogP contribution in [0.1, 0.15) is 0 Å². The minimum atomic E-state index is -0.501. The molecule has 0 aliphatic rings. The van der Waals surface area contributed by atoms with E-state index in [1.807, 2.05) is 18.2 Å². The third kappa shape index (κ3) is 6.89. The molecule has 0 aromatic heterocycles. The molecule has 2 N–H and O–H groups in total. The molecule has 30 heavy (non-hydrogen) atoms. The maximum absolute atomic E-state index is 13.8. The average molecular weight is 489 g/mol. The predicted octanol–water partition coefficient (Wildman–Crippen LogP) is 5.34. The first kappa shape index (κ1) is 21.9.